The SMILES string of the molecule is O=C(O)[C@H]1CCCC[C@H]1C(=O)Nc1cnoc1. The maximum atomic E-state index is 11.9. The summed E-state index contributed by atoms with van der Waals surface area (Å²) in [5.41, 5.74) is 0.463. The molecule has 92 valence electrons. The Morgan fingerprint density at radius 1 is 1.35 bits per heavy atom. The number of carboxylic acid groups (broad SMARTS) is 1. The van der Waals surface area contributed by atoms with Gasteiger partial charge in [-0.1, -0.05) is 18.0 Å². The summed E-state index contributed by atoms with van der Waals surface area (Å²) < 4.78 is 4.60. The highest BCUT2D eigenvalue weighted by atomic mass is 16.5. The standard InChI is InChI=1S/C11H14N2O4/c14-10(13-7-5-12-17-6-7)8-3-1-2-4-9(8)11(15)16/h5-6,8-9H,1-4H2,(H,13,14)(H,15,16)/t8-,9+/m1/s1. The van der Waals surface area contributed by atoms with E-state index in [1.807, 2.05) is 0 Å². The molecule has 0 spiro atoms. The van der Waals surface area contributed by atoms with Gasteiger partial charge in [0.05, 0.1) is 18.0 Å². The molecule has 1 aliphatic rings. The maximum absolute atomic E-state index is 11.9. The highest BCUT2D eigenvalue weighted by Gasteiger charge is 2.35. The number of hydrogen-bond donors (Lipinski definition) is 2. The summed E-state index contributed by atoms with van der Waals surface area (Å²) in [5.74, 6) is -2.20. The molecule has 2 rings (SSSR count). The second-order valence-electron chi connectivity index (χ2n) is 4.24. The molecule has 2 atom stereocenters. The first kappa shape index (κ1) is 11.6. The van der Waals surface area contributed by atoms with E-state index >= 15 is 0 Å². The molecule has 0 bridgehead atoms. The summed E-state index contributed by atoms with van der Waals surface area (Å²) in [7, 11) is 0. The van der Waals surface area contributed by atoms with Gasteiger partial charge < -0.3 is 14.9 Å². The molecule has 1 aromatic heterocycles. The van der Waals surface area contributed by atoms with E-state index in [0.717, 1.165) is 12.8 Å². The van der Waals surface area contributed by atoms with Gasteiger partial charge in [0.25, 0.3) is 0 Å². The summed E-state index contributed by atoms with van der Waals surface area (Å²) in [6.45, 7) is 0. The number of aromatic nitrogens is 1. The second-order valence-corrected chi connectivity index (χ2v) is 4.24. The molecule has 1 saturated carbocycles. The van der Waals surface area contributed by atoms with Gasteiger partial charge in [0.2, 0.25) is 5.91 Å². The van der Waals surface area contributed by atoms with Crippen LogP contribution in [-0.4, -0.2) is 22.1 Å². The summed E-state index contributed by atoms with van der Waals surface area (Å²) in [4.78, 5) is 23.0. The van der Waals surface area contributed by atoms with Crippen molar-refractivity contribution in [2.45, 2.75) is 25.7 Å². The molecule has 0 saturated heterocycles. The number of nitrogens with one attached hydrogen (secondary N) is 1. The van der Waals surface area contributed by atoms with Gasteiger partial charge in [-0.3, -0.25) is 9.59 Å². The lowest BCUT2D eigenvalue weighted by atomic mass is 9.78. The topological polar surface area (TPSA) is 92.4 Å². The number of hydrogen-bond acceptors (Lipinski definition) is 4. The van der Waals surface area contributed by atoms with Crippen molar-refractivity contribution in [1.82, 2.24) is 5.16 Å². The Bertz CT molecular complexity index is 402. The van der Waals surface area contributed by atoms with Crippen LogP contribution in [0.2, 0.25) is 0 Å². The average Bonchev–Trinajstić information content (AvgIpc) is 2.81. The fourth-order valence-electron chi connectivity index (χ4n) is 2.24. The molecule has 1 fully saturated rings. The minimum Gasteiger partial charge on any atom is -0.481 e. The third-order valence-corrected chi connectivity index (χ3v) is 3.12. The summed E-state index contributed by atoms with van der Waals surface area (Å²) >= 11 is 0. The van der Waals surface area contributed by atoms with Gasteiger partial charge in [-0.2, -0.15) is 0 Å². The van der Waals surface area contributed by atoms with Crippen LogP contribution in [0.1, 0.15) is 25.7 Å². The first-order valence-electron chi connectivity index (χ1n) is 5.61. The summed E-state index contributed by atoms with van der Waals surface area (Å²) in [6.07, 6.45) is 5.65. The van der Waals surface area contributed by atoms with Crippen molar-refractivity contribution in [3.63, 3.8) is 0 Å². The number of carbonyl (C=O) groups excluding carboxylic acids is 1. The normalized spacial score (nSPS) is 24.2. The highest BCUT2D eigenvalue weighted by molar-refractivity contribution is 5.94. The van der Waals surface area contributed by atoms with E-state index < -0.39 is 17.8 Å². The van der Waals surface area contributed by atoms with Gasteiger partial charge in [0, 0.05) is 0 Å². The monoisotopic (exact) mass is 238 g/mol. The van der Waals surface area contributed by atoms with Crippen molar-refractivity contribution in [3.05, 3.63) is 12.5 Å². The lowest BCUT2D eigenvalue weighted by Gasteiger charge is -2.27. The van der Waals surface area contributed by atoms with E-state index in [4.69, 9.17) is 5.11 Å². The predicted molar refractivity (Wildman–Crippen MR) is 58.2 cm³/mol. The number of amides is 1. The average molecular weight is 238 g/mol. The lowest BCUT2D eigenvalue weighted by molar-refractivity contribution is -0.147. The van der Waals surface area contributed by atoms with Crippen molar-refractivity contribution < 1.29 is 19.2 Å². The summed E-state index contributed by atoms with van der Waals surface area (Å²) in [6, 6.07) is 0. The van der Waals surface area contributed by atoms with E-state index in [-0.39, 0.29) is 5.91 Å². The molecule has 17 heavy (non-hydrogen) atoms. The van der Waals surface area contributed by atoms with E-state index in [2.05, 4.69) is 15.0 Å². The van der Waals surface area contributed by atoms with E-state index in [0.29, 0.717) is 18.5 Å². The molecule has 0 radical (unpaired) electrons. The Kier molecular flexibility index (Phi) is 3.41. The third kappa shape index (κ3) is 2.64. The van der Waals surface area contributed by atoms with E-state index in [9.17, 15) is 9.59 Å². The largest absolute Gasteiger partial charge is 0.481 e. The molecular formula is C11H14N2O4. The first-order chi connectivity index (χ1) is 8.18. The minimum atomic E-state index is -0.893. The molecule has 6 heteroatoms. The van der Waals surface area contributed by atoms with Gasteiger partial charge in [0.1, 0.15) is 12.0 Å². The number of rotatable bonds is 3. The smallest absolute Gasteiger partial charge is 0.307 e. The van der Waals surface area contributed by atoms with Crippen LogP contribution in [0.25, 0.3) is 0 Å². The Morgan fingerprint density at radius 2 is 2.06 bits per heavy atom. The molecule has 1 amide bonds. The van der Waals surface area contributed by atoms with Crippen LogP contribution in [0, 0.1) is 11.8 Å². The number of carbonyl (C=O) groups is 2. The summed E-state index contributed by atoms with van der Waals surface area (Å²) in [5, 5.41) is 15.2. The van der Waals surface area contributed by atoms with Gasteiger partial charge >= 0.3 is 5.97 Å². The second kappa shape index (κ2) is 4.99. The molecular weight excluding hydrogens is 224 g/mol. The molecule has 1 heterocycles. The maximum Gasteiger partial charge on any atom is 0.307 e. The van der Waals surface area contributed by atoms with E-state index in [1.165, 1.54) is 12.5 Å². The number of carboxylic acids is 1. The van der Waals surface area contributed by atoms with Gasteiger partial charge in [-0.15, -0.1) is 0 Å². The molecule has 6 nitrogen and oxygen atoms in total. The van der Waals surface area contributed by atoms with Crippen molar-refractivity contribution in [1.29, 1.82) is 0 Å². The zero-order valence-electron chi connectivity index (χ0n) is 9.26. The van der Waals surface area contributed by atoms with Crippen molar-refractivity contribution >= 4 is 17.6 Å². The molecule has 2 N–H and O–H groups in total. The van der Waals surface area contributed by atoms with E-state index in [1.54, 1.807) is 0 Å². The Balaban J connectivity index is 2.03. The molecule has 0 aliphatic heterocycles. The quantitative estimate of drug-likeness (QED) is 0.832. The molecule has 1 aromatic rings. The van der Waals surface area contributed by atoms with Crippen molar-refractivity contribution in [2.75, 3.05) is 5.32 Å². The fourth-order valence-corrected chi connectivity index (χ4v) is 2.24. The van der Waals surface area contributed by atoms with Crippen LogP contribution in [-0.2, 0) is 9.59 Å². The highest BCUT2D eigenvalue weighted by Crippen LogP contribution is 2.31. The zero-order valence-corrected chi connectivity index (χ0v) is 9.26. The van der Waals surface area contributed by atoms with Crippen LogP contribution in [0.4, 0.5) is 5.69 Å². The third-order valence-electron chi connectivity index (χ3n) is 3.12. The predicted octanol–water partition coefficient (Wildman–Crippen LogP) is 1.50. The van der Waals surface area contributed by atoms with Gasteiger partial charge in [-0.05, 0) is 12.8 Å². The van der Waals surface area contributed by atoms with Crippen LogP contribution in [0.3, 0.4) is 0 Å². The lowest BCUT2D eigenvalue weighted by Crippen LogP contribution is -2.35. The first-order valence-corrected chi connectivity index (χ1v) is 5.61. The van der Waals surface area contributed by atoms with Crippen molar-refractivity contribution in [3.8, 4) is 0 Å². The fraction of sp³-hybridized carbons (Fsp3) is 0.545. The van der Waals surface area contributed by atoms with Crippen LogP contribution in [0.15, 0.2) is 17.0 Å². The van der Waals surface area contributed by atoms with Gasteiger partial charge in [0.15, 0.2) is 0 Å². The van der Waals surface area contributed by atoms with Crippen LogP contribution in [0.5, 0.6) is 0 Å². The van der Waals surface area contributed by atoms with Crippen LogP contribution < -0.4 is 5.32 Å². The molecule has 1 aliphatic carbocycles. The Hall–Kier alpha value is -1.85. The van der Waals surface area contributed by atoms with Crippen LogP contribution >= 0.6 is 0 Å². The van der Waals surface area contributed by atoms with Gasteiger partial charge in [-0.25, -0.2) is 0 Å². The van der Waals surface area contributed by atoms with Crippen molar-refractivity contribution in [2.24, 2.45) is 11.8 Å². The minimum absolute atomic E-state index is 0.264. The molecule has 0 aromatic carbocycles. The molecule has 0 unspecified atom stereocenters. The Morgan fingerprint density at radius 3 is 2.65 bits per heavy atom. The zero-order chi connectivity index (χ0) is 12.3. The number of anilines is 1. The Labute approximate surface area is 98.0 Å². The number of aliphatic carboxylic acids is 1. The number of nitrogens with zero attached hydrogens (tertiary/aromatic N) is 1.